The van der Waals surface area contributed by atoms with Crippen molar-refractivity contribution in [1.29, 1.82) is 0 Å². The lowest BCUT2D eigenvalue weighted by Gasteiger charge is -2.06. The molecule has 0 aliphatic rings. The molecule has 26 heavy (non-hydrogen) atoms. The third-order valence-corrected chi connectivity index (χ3v) is 6.21. The van der Waals surface area contributed by atoms with Crippen LogP contribution < -0.4 is 5.32 Å². The van der Waals surface area contributed by atoms with Crippen LogP contribution in [0, 0.1) is 0 Å². The van der Waals surface area contributed by atoms with Crippen molar-refractivity contribution in [2.24, 2.45) is 0 Å². The third kappa shape index (κ3) is 4.33. The number of rotatable bonds is 6. The highest BCUT2D eigenvalue weighted by molar-refractivity contribution is 7.91. The highest BCUT2D eigenvalue weighted by Gasteiger charge is 2.14. The van der Waals surface area contributed by atoms with Crippen LogP contribution in [-0.4, -0.2) is 30.3 Å². The van der Waals surface area contributed by atoms with Crippen LogP contribution >= 0.6 is 11.3 Å². The Morgan fingerprint density at radius 3 is 2.42 bits per heavy atom. The van der Waals surface area contributed by atoms with E-state index in [0.717, 1.165) is 10.4 Å². The van der Waals surface area contributed by atoms with Crippen molar-refractivity contribution in [1.82, 2.24) is 10.2 Å². The van der Waals surface area contributed by atoms with Gasteiger partial charge < -0.3 is 5.32 Å². The van der Waals surface area contributed by atoms with Crippen molar-refractivity contribution in [3.63, 3.8) is 0 Å². The average Bonchev–Trinajstić information content (AvgIpc) is 3.15. The van der Waals surface area contributed by atoms with Crippen LogP contribution in [-0.2, 0) is 21.1 Å². The normalized spacial score (nSPS) is 11.3. The number of nitrogens with one attached hydrogen (secondary N) is 1. The zero-order valence-electron chi connectivity index (χ0n) is 14.0. The molecule has 2 aromatic heterocycles. The van der Waals surface area contributed by atoms with Crippen LogP contribution in [0.15, 0.2) is 58.9 Å². The summed E-state index contributed by atoms with van der Waals surface area (Å²) in [7, 11) is -3.36. The van der Waals surface area contributed by atoms with Gasteiger partial charge in [0.15, 0.2) is 14.9 Å². The summed E-state index contributed by atoms with van der Waals surface area (Å²) in [6, 6.07) is 14.1. The minimum atomic E-state index is -3.36. The Bertz CT molecular complexity index is 981. The summed E-state index contributed by atoms with van der Waals surface area (Å²) in [5.41, 5.74) is 2.04. The fraction of sp³-hybridized carbons (Fsp3) is 0.167. The van der Waals surface area contributed by atoms with E-state index in [9.17, 15) is 13.2 Å². The van der Waals surface area contributed by atoms with Gasteiger partial charge in [0.1, 0.15) is 0 Å². The Balaban J connectivity index is 1.68. The molecule has 0 unspecified atom stereocenters. The Kier molecular flexibility index (Phi) is 5.43. The van der Waals surface area contributed by atoms with Crippen molar-refractivity contribution >= 4 is 32.8 Å². The molecule has 0 fully saturated rings. The van der Waals surface area contributed by atoms with E-state index < -0.39 is 9.84 Å². The molecule has 0 atom stereocenters. The predicted octanol–water partition coefficient (Wildman–Crippen LogP) is 3.18. The predicted molar refractivity (Wildman–Crippen MR) is 102 cm³/mol. The molecule has 0 saturated heterocycles. The fourth-order valence-electron chi connectivity index (χ4n) is 2.29. The lowest BCUT2D eigenvalue weighted by atomic mass is 10.1. The van der Waals surface area contributed by atoms with E-state index in [1.165, 1.54) is 6.07 Å². The topological polar surface area (TPSA) is 89.0 Å². The molecule has 8 heteroatoms. The van der Waals surface area contributed by atoms with Gasteiger partial charge in [0.25, 0.3) is 0 Å². The molecule has 0 aliphatic heterocycles. The van der Waals surface area contributed by atoms with Gasteiger partial charge in [0, 0.05) is 16.1 Å². The summed E-state index contributed by atoms with van der Waals surface area (Å²) in [5.74, 6) is -0.0879. The van der Waals surface area contributed by atoms with E-state index in [1.54, 1.807) is 48.6 Å². The molecule has 0 spiro atoms. The van der Waals surface area contributed by atoms with Crippen LogP contribution in [0.2, 0.25) is 0 Å². The zero-order chi connectivity index (χ0) is 18.6. The monoisotopic (exact) mass is 387 g/mol. The maximum absolute atomic E-state index is 12.0. The molecular weight excluding hydrogens is 370 g/mol. The number of amides is 1. The second-order valence-corrected chi connectivity index (χ2v) is 8.80. The Morgan fingerprint density at radius 2 is 1.85 bits per heavy atom. The number of carbonyl (C=O) groups excluding carboxylic acids is 1. The molecule has 1 N–H and O–H groups in total. The van der Waals surface area contributed by atoms with Gasteiger partial charge in [-0.3, -0.25) is 4.79 Å². The molecule has 1 aromatic carbocycles. The lowest BCUT2D eigenvalue weighted by molar-refractivity contribution is -0.115. The molecule has 3 aromatic rings. The molecule has 2 heterocycles. The van der Waals surface area contributed by atoms with E-state index >= 15 is 0 Å². The largest absolute Gasteiger partial charge is 0.326 e. The molecule has 0 aliphatic carbocycles. The average molecular weight is 387 g/mol. The van der Waals surface area contributed by atoms with Crippen molar-refractivity contribution in [3.8, 4) is 11.3 Å². The molecule has 0 bridgehead atoms. The first-order valence-electron chi connectivity index (χ1n) is 7.97. The Labute approximate surface area is 155 Å². The molecule has 134 valence electrons. The molecule has 0 radical (unpaired) electrons. The van der Waals surface area contributed by atoms with Gasteiger partial charge in [0.05, 0.1) is 17.9 Å². The molecular formula is C18H17N3O3S2. The number of anilines is 1. The van der Waals surface area contributed by atoms with Crippen LogP contribution in [0.1, 0.15) is 11.8 Å². The van der Waals surface area contributed by atoms with E-state index in [0.29, 0.717) is 17.8 Å². The number of benzene rings is 1. The summed E-state index contributed by atoms with van der Waals surface area (Å²) in [6.07, 6.45) is 0.345. The first kappa shape index (κ1) is 18.2. The highest BCUT2D eigenvalue weighted by atomic mass is 32.2. The van der Waals surface area contributed by atoms with E-state index in [1.807, 2.05) is 17.5 Å². The summed E-state index contributed by atoms with van der Waals surface area (Å²) in [4.78, 5) is 13.0. The quantitative estimate of drug-likeness (QED) is 0.702. The zero-order valence-corrected chi connectivity index (χ0v) is 15.7. The van der Waals surface area contributed by atoms with Crippen LogP contribution in [0.5, 0.6) is 0 Å². The Hall–Kier alpha value is -2.58. The number of aromatic nitrogens is 2. The summed E-state index contributed by atoms with van der Waals surface area (Å²) in [5, 5.41) is 12.6. The van der Waals surface area contributed by atoms with Gasteiger partial charge in [-0.05, 0) is 35.7 Å². The number of nitrogens with zero attached hydrogens (tertiary/aromatic N) is 2. The maximum Gasteiger partial charge on any atom is 0.229 e. The van der Waals surface area contributed by atoms with Crippen molar-refractivity contribution in [2.45, 2.75) is 18.4 Å². The van der Waals surface area contributed by atoms with E-state index in [2.05, 4.69) is 15.5 Å². The first-order chi connectivity index (χ1) is 12.5. The van der Waals surface area contributed by atoms with Gasteiger partial charge >= 0.3 is 0 Å². The molecule has 0 saturated carbocycles. The smallest absolute Gasteiger partial charge is 0.229 e. The summed E-state index contributed by atoms with van der Waals surface area (Å²) in [6.45, 7) is 1.57. The number of sulfone groups is 1. The maximum atomic E-state index is 12.0. The van der Waals surface area contributed by atoms with Crippen molar-refractivity contribution in [3.05, 3.63) is 58.8 Å². The van der Waals surface area contributed by atoms with Gasteiger partial charge in [-0.2, -0.15) is 0 Å². The van der Waals surface area contributed by atoms with E-state index in [4.69, 9.17) is 0 Å². The van der Waals surface area contributed by atoms with Crippen LogP contribution in [0.25, 0.3) is 11.3 Å². The van der Waals surface area contributed by atoms with Gasteiger partial charge in [-0.1, -0.05) is 25.1 Å². The molecule has 3 rings (SSSR count). The number of hydrogen-bond donors (Lipinski definition) is 1. The second-order valence-electron chi connectivity index (χ2n) is 5.54. The number of carbonyl (C=O) groups is 1. The standard InChI is InChI=1S/C18H17N3O3S2/c1-2-26(23,24)18-10-9-16(20-21-18)13-5-7-14(8-6-13)19-17(22)12-15-4-3-11-25-15/h3-11H,2,12H2,1H3,(H,19,22). The van der Waals surface area contributed by atoms with Gasteiger partial charge in [0.2, 0.25) is 5.91 Å². The number of hydrogen-bond acceptors (Lipinski definition) is 6. The number of thiophene rings is 1. The minimum absolute atomic E-state index is 0.0130. The lowest BCUT2D eigenvalue weighted by Crippen LogP contribution is -2.13. The van der Waals surface area contributed by atoms with Crippen LogP contribution in [0.3, 0.4) is 0 Å². The Morgan fingerprint density at radius 1 is 1.08 bits per heavy atom. The third-order valence-electron chi connectivity index (χ3n) is 3.72. The minimum Gasteiger partial charge on any atom is -0.326 e. The summed E-state index contributed by atoms with van der Waals surface area (Å²) < 4.78 is 23.5. The van der Waals surface area contributed by atoms with Crippen LogP contribution in [0.4, 0.5) is 5.69 Å². The first-order valence-corrected chi connectivity index (χ1v) is 10.5. The van der Waals surface area contributed by atoms with Crippen molar-refractivity contribution < 1.29 is 13.2 Å². The highest BCUT2D eigenvalue weighted by Crippen LogP contribution is 2.20. The fourth-order valence-corrected chi connectivity index (χ4v) is 3.73. The summed E-state index contributed by atoms with van der Waals surface area (Å²) >= 11 is 1.55. The van der Waals surface area contributed by atoms with Crippen molar-refractivity contribution in [2.75, 3.05) is 11.1 Å². The SMILES string of the molecule is CCS(=O)(=O)c1ccc(-c2ccc(NC(=O)Cc3cccs3)cc2)nn1. The van der Waals surface area contributed by atoms with Gasteiger partial charge in [-0.15, -0.1) is 21.5 Å². The van der Waals surface area contributed by atoms with Gasteiger partial charge in [-0.25, -0.2) is 8.42 Å². The molecule has 1 amide bonds. The molecule has 6 nitrogen and oxygen atoms in total. The second kappa shape index (κ2) is 7.76. The van der Waals surface area contributed by atoms with E-state index in [-0.39, 0.29) is 16.7 Å².